The molecule has 0 aromatic rings. The Kier molecular flexibility index (Phi) is 8.63. The largest absolute Gasteiger partial charge is 0.444 e. The van der Waals surface area contributed by atoms with Crippen LogP contribution in [-0.4, -0.2) is 89.7 Å². The molecule has 0 spiro atoms. The molecule has 0 aromatic carbocycles. The van der Waals surface area contributed by atoms with Gasteiger partial charge < -0.3 is 29.7 Å². The first kappa shape index (κ1) is 24.6. The van der Waals surface area contributed by atoms with Gasteiger partial charge in [0.05, 0.1) is 19.3 Å². The molecule has 0 unspecified atom stereocenters. The van der Waals surface area contributed by atoms with Crippen molar-refractivity contribution in [2.75, 3.05) is 46.2 Å². The molecule has 3 fully saturated rings. The zero-order chi connectivity index (χ0) is 19.7. The van der Waals surface area contributed by atoms with Gasteiger partial charge in [-0.3, -0.25) is 14.4 Å². The molecule has 1 N–H and O–H groups in total. The molecule has 4 aliphatic rings. The molecule has 0 aromatic heterocycles. The van der Waals surface area contributed by atoms with Crippen molar-refractivity contribution in [2.45, 2.75) is 38.6 Å². The molecular formula is C19H31Cl2N5O4. The number of carbonyl (C=O) groups excluding carboxylic acids is 3. The first-order valence-electron chi connectivity index (χ1n) is 10.2. The molecule has 9 nitrogen and oxygen atoms in total. The molecular weight excluding hydrogens is 433 g/mol. The van der Waals surface area contributed by atoms with Gasteiger partial charge in [-0.05, 0) is 38.8 Å². The third-order valence-corrected chi connectivity index (χ3v) is 6.20. The van der Waals surface area contributed by atoms with Gasteiger partial charge in [-0.2, -0.15) is 0 Å². The minimum atomic E-state index is -0.212. The Hall–Kier alpha value is -1.71. The van der Waals surface area contributed by atoms with Crippen molar-refractivity contribution >= 4 is 42.6 Å². The van der Waals surface area contributed by atoms with E-state index in [0.29, 0.717) is 51.0 Å². The molecule has 2 amide bonds. The number of halogens is 2. The van der Waals surface area contributed by atoms with E-state index in [9.17, 15) is 14.4 Å². The molecule has 4 aliphatic heterocycles. The van der Waals surface area contributed by atoms with E-state index in [1.54, 1.807) is 11.8 Å². The van der Waals surface area contributed by atoms with Crippen LogP contribution in [0.3, 0.4) is 0 Å². The van der Waals surface area contributed by atoms with Crippen LogP contribution in [0.15, 0.2) is 11.9 Å². The Balaban J connectivity index is 0.00000160. The number of hydrogen-bond acceptors (Lipinski definition) is 7. The number of nitrogens with zero attached hydrogens (tertiary/aromatic N) is 4. The summed E-state index contributed by atoms with van der Waals surface area (Å²) in [7, 11) is 0. The number of carbonyl (C=O) groups is 3. The third-order valence-electron chi connectivity index (χ3n) is 6.20. The van der Waals surface area contributed by atoms with Crippen LogP contribution in [0.4, 0.5) is 0 Å². The summed E-state index contributed by atoms with van der Waals surface area (Å²) in [6, 6.07) is 0.312. The molecule has 30 heavy (non-hydrogen) atoms. The monoisotopic (exact) mass is 463 g/mol. The van der Waals surface area contributed by atoms with Gasteiger partial charge in [-0.15, -0.1) is 24.8 Å². The molecule has 4 heterocycles. The minimum Gasteiger partial charge on any atom is -0.444 e. The summed E-state index contributed by atoms with van der Waals surface area (Å²) in [5.74, 6) is -0.226. The predicted octanol–water partition coefficient (Wildman–Crippen LogP) is 0.557. The molecule has 0 radical (unpaired) electrons. The Labute approximate surface area is 189 Å². The number of nitrogens with one attached hydrogen (secondary N) is 1. The number of amides is 2. The van der Waals surface area contributed by atoms with Crippen molar-refractivity contribution in [1.82, 2.24) is 24.9 Å². The van der Waals surface area contributed by atoms with Gasteiger partial charge in [0.2, 0.25) is 5.91 Å². The van der Waals surface area contributed by atoms with E-state index in [-0.39, 0.29) is 55.2 Å². The molecule has 0 aliphatic carbocycles. The van der Waals surface area contributed by atoms with E-state index < -0.39 is 0 Å². The first-order chi connectivity index (χ1) is 13.5. The van der Waals surface area contributed by atoms with E-state index >= 15 is 0 Å². The van der Waals surface area contributed by atoms with Crippen LogP contribution in [0.1, 0.15) is 32.6 Å². The van der Waals surface area contributed by atoms with Crippen molar-refractivity contribution in [3.8, 4) is 0 Å². The fourth-order valence-corrected chi connectivity index (χ4v) is 4.47. The highest BCUT2D eigenvalue weighted by atomic mass is 35.5. The predicted molar refractivity (Wildman–Crippen MR) is 115 cm³/mol. The second-order valence-corrected chi connectivity index (χ2v) is 8.05. The molecule has 0 bridgehead atoms. The quantitative estimate of drug-likeness (QED) is 0.609. The van der Waals surface area contributed by atoms with Crippen molar-refractivity contribution in [1.29, 1.82) is 0 Å². The van der Waals surface area contributed by atoms with Gasteiger partial charge >= 0.3 is 5.97 Å². The summed E-state index contributed by atoms with van der Waals surface area (Å²) in [6.07, 6.45) is 5.10. The summed E-state index contributed by atoms with van der Waals surface area (Å²) in [4.78, 5) is 44.1. The van der Waals surface area contributed by atoms with Crippen molar-refractivity contribution in [3.63, 3.8) is 0 Å². The van der Waals surface area contributed by atoms with Crippen LogP contribution in [0.25, 0.3) is 0 Å². The number of piperidine rings is 2. The lowest BCUT2D eigenvalue weighted by molar-refractivity contribution is -0.155. The summed E-state index contributed by atoms with van der Waals surface area (Å²) < 4.78 is 5.48. The molecule has 11 heteroatoms. The smallest absolute Gasteiger partial charge is 0.310 e. The van der Waals surface area contributed by atoms with E-state index in [4.69, 9.17) is 4.74 Å². The summed E-state index contributed by atoms with van der Waals surface area (Å²) in [5.41, 5.74) is 0.698. The Morgan fingerprint density at radius 3 is 2.37 bits per heavy atom. The van der Waals surface area contributed by atoms with Gasteiger partial charge in [-0.25, -0.2) is 0 Å². The Bertz CT molecular complexity index is 678. The standard InChI is InChI=1S/C19H29N5O4.2ClH/c1-14(25)22-8-4-15(5-9-22)19(27)28-13-21-10-17-18(26)24(12-23(17)11-21)16-2-6-20-7-3-16;;/h10,15-16,20H,2-9,11-13H2,1H3;2*1H. The maximum Gasteiger partial charge on any atom is 0.310 e. The fraction of sp³-hybridized carbons (Fsp3) is 0.737. The van der Waals surface area contributed by atoms with Gasteiger partial charge in [0.25, 0.3) is 5.91 Å². The SMILES string of the molecule is CC(=O)N1CCC(C(=O)OCN2C=C3C(=O)N(C4CCNCC4)CN3C2)CC1.Cl.Cl. The average molecular weight is 464 g/mol. The Morgan fingerprint density at radius 1 is 1.10 bits per heavy atom. The highest BCUT2D eigenvalue weighted by Gasteiger charge is 2.41. The van der Waals surface area contributed by atoms with E-state index in [1.807, 2.05) is 20.9 Å². The number of fused-ring (bicyclic) bond motifs is 1. The Morgan fingerprint density at radius 2 is 1.77 bits per heavy atom. The molecule has 0 atom stereocenters. The van der Waals surface area contributed by atoms with Crippen LogP contribution in [0.5, 0.6) is 0 Å². The maximum absolute atomic E-state index is 12.7. The lowest BCUT2D eigenvalue weighted by Crippen LogP contribution is -2.45. The highest BCUT2D eigenvalue weighted by Crippen LogP contribution is 2.28. The van der Waals surface area contributed by atoms with Crippen LogP contribution in [0.2, 0.25) is 0 Å². The van der Waals surface area contributed by atoms with Gasteiger partial charge in [-0.1, -0.05) is 0 Å². The number of hydrogen-bond donors (Lipinski definition) is 1. The van der Waals surface area contributed by atoms with Crippen LogP contribution < -0.4 is 5.32 Å². The molecule has 3 saturated heterocycles. The molecule has 0 saturated carbocycles. The average Bonchev–Trinajstić information content (AvgIpc) is 3.25. The fourth-order valence-electron chi connectivity index (χ4n) is 4.47. The zero-order valence-corrected chi connectivity index (χ0v) is 18.9. The normalized spacial score (nSPS) is 22.3. The second kappa shape index (κ2) is 10.5. The minimum absolute atomic E-state index is 0. The summed E-state index contributed by atoms with van der Waals surface area (Å²) >= 11 is 0. The number of likely N-dealkylation sites (tertiary alicyclic amines) is 1. The second-order valence-electron chi connectivity index (χ2n) is 8.05. The summed E-state index contributed by atoms with van der Waals surface area (Å²) in [6.45, 7) is 6.03. The number of rotatable bonds is 4. The first-order valence-corrected chi connectivity index (χ1v) is 10.2. The lowest BCUT2D eigenvalue weighted by Gasteiger charge is -2.32. The van der Waals surface area contributed by atoms with Crippen molar-refractivity contribution in [2.24, 2.45) is 5.92 Å². The highest BCUT2D eigenvalue weighted by molar-refractivity contribution is 5.95. The maximum atomic E-state index is 12.7. The van der Waals surface area contributed by atoms with E-state index in [1.165, 1.54) is 0 Å². The van der Waals surface area contributed by atoms with Gasteiger partial charge in [0.1, 0.15) is 5.70 Å². The van der Waals surface area contributed by atoms with E-state index in [2.05, 4.69) is 5.32 Å². The van der Waals surface area contributed by atoms with Crippen LogP contribution >= 0.6 is 24.8 Å². The number of esters is 1. The third kappa shape index (κ3) is 5.12. The van der Waals surface area contributed by atoms with Gasteiger partial charge in [0.15, 0.2) is 6.73 Å². The van der Waals surface area contributed by atoms with Gasteiger partial charge in [0, 0.05) is 32.3 Å². The lowest BCUT2D eigenvalue weighted by atomic mass is 9.97. The topological polar surface area (TPSA) is 85.4 Å². The number of ether oxygens (including phenoxy) is 1. The van der Waals surface area contributed by atoms with E-state index in [0.717, 1.165) is 25.9 Å². The van der Waals surface area contributed by atoms with Crippen LogP contribution in [-0.2, 0) is 19.1 Å². The molecule has 170 valence electrons. The van der Waals surface area contributed by atoms with Crippen molar-refractivity contribution < 1.29 is 19.1 Å². The zero-order valence-electron chi connectivity index (χ0n) is 17.2. The van der Waals surface area contributed by atoms with Crippen LogP contribution in [0, 0.1) is 5.92 Å². The van der Waals surface area contributed by atoms with Crippen molar-refractivity contribution in [3.05, 3.63) is 11.9 Å². The molecule has 4 rings (SSSR count). The summed E-state index contributed by atoms with van der Waals surface area (Å²) in [5, 5.41) is 3.33.